The summed E-state index contributed by atoms with van der Waals surface area (Å²) in [5.74, 6) is 0. The Morgan fingerprint density at radius 3 is 1.76 bits per heavy atom. The fourth-order valence-electron chi connectivity index (χ4n) is 1.67. The predicted molar refractivity (Wildman–Crippen MR) is 63.4 cm³/mol. The SMILES string of the molecule is N#Cc1[se]c(C#N)c2nc3ccccc3nc12. The summed E-state index contributed by atoms with van der Waals surface area (Å²) >= 11 is -0.247. The van der Waals surface area contributed by atoms with Gasteiger partial charge in [0.15, 0.2) is 0 Å². The fourth-order valence-corrected chi connectivity index (χ4v) is 3.29. The molecule has 0 unspecified atom stereocenters. The van der Waals surface area contributed by atoms with E-state index in [9.17, 15) is 0 Å². The number of hydrogen-bond donors (Lipinski definition) is 0. The van der Waals surface area contributed by atoms with Crippen molar-refractivity contribution in [2.75, 3.05) is 0 Å². The third-order valence-electron chi connectivity index (χ3n) is 2.41. The molecule has 0 N–H and O–H groups in total. The molecule has 0 saturated carbocycles. The van der Waals surface area contributed by atoms with Gasteiger partial charge in [-0.25, -0.2) is 0 Å². The van der Waals surface area contributed by atoms with Crippen molar-refractivity contribution in [3.63, 3.8) is 0 Å². The normalized spacial score (nSPS) is 10.2. The molecule has 0 aliphatic carbocycles. The number of nitriles is 2. The van der Waals surface area contributed by atoms with E-state index in [1.807, 2.05) is 24.3 Å². The van der Waals surface area contributed by atoms with E-state index in [1.165, 1.54) is 0 Å². The number of fused-ring (bicyclic) bond motifs is 2. The molecule has 17 heavy (non-hydrogen) atoms. The van der Waals surface area contributed by atoms with E-state index < -0.39 is 0 Å². The Bertz CT molecular complexity index is 752. The van der Waals surface area contributed by atoms with Gasteiger partial charge in [0, 0.05) is 0 Å². The van der Waals surface area contributed by atoms with Gasteiger partial charge in [0.25, 0.3) is 0 Å². The molecule has 0 fully saturated rings. The molecule has 0 radical (unpaired) electrons. The Morgan fingerprint density at radius 2 is 1.35 bits per heavy atom. The van der Waals surface area contributed by atoms with Crippen molar-refractivity contribution in [1.29, 1.82) is 10.5 Å². The first kappa shape index (κ1) is 9.99. The quantitative estimate of drug-likeness (QED) is 0.587. The van der Waals surface area contributed by atoms with E-state index in [0.29, 0.717) is 19.9 Å². The topological polar surface area (TPSA) is 73.4 Å². The van der Waals surface area contributed by atoms with Gasteiger partial charge < -0.3 is 0 Å². The first-order valence-electron chi connectivity index (χ1n) is 4.83. The van der Waals surface area contributed by atoms with E-state index in [0.717, 1.165) is 11.0 Å². The average molecular weight is 283 g/mol. The number of aromatic nitrogens is 2. The maximum absolute atomic E-state index is 9.04. The van der Waals surface area contributed by atoms with Gasteiger partial charge >= 0.3 is 102 Å². The molecule has 0 spiro atoms. The van der Waals surface area contributed by atoms with Gasteiger partial charge in [-0.1, -0.05) is 0 Å². The molecular formula is C12H4N4Se. The molecule has 0 saturated heterocycles. The van der Waals surface area contributed by atoms with Gasteiger partial charge in [-0.2, -0.15) is 0 Å². The van der Waals surface area contributed by atoms with Crippen molar-refractivity contribution in [3.8, 4) is 12.1 Å². The summed E-state index contributed by atoms with van der Waals surface area (Å²) in [6, 6.07) is 11.7. The molecular weight excluding hydrogens is 279 g/mol. The molecule has 3 rings (SSSR count). The van der Waals surface area contributed by atoms with Gasteiger partial charge in [0.05, 0.1) is 0 Å². The summed E-state index contributed by atoms with van der Waals surface area (Å²) in [4.78, 5) is 8.86. The molecule has 0 aliphatic rings. The summed E-state index contributed by atoms with van der Waals surface area (Å²) in [6.07, 6.45) is 0. The Balaban J connectivity index is 2.55. The Labute approximate surface area is 103 Å². The molecule has 3 aromatic rings. The van der Waals surface area contributed by atoms with Crippen LogP contribution >= 0.6 is 0 Å². The number of hydrogen-bond acceptors (Lipinski definition) is 4. The second kappa shape index (κ2) is 3.68. The van der Waals surface area contributed by atoms with E-state index in [2.05, 4.69) is 22.1 Å². The van der Waals surface area contributed by atoms with Crippen LogP contribution in [0.15, 0.2) is 24.3 Å². The Kier molecular flexibility index (Phi) is 2.16. The monoisotopic (exact) mass is 284 g/mol. The molecule has 78 valence electrons. The van der Waals surface area contributed by atoms with Gasteiger partial charge in [0.1, 0.15) is 0 Å². The first-order chi connectivity index (χ1) is 8.33. The Hall–Kier alpha value is -2.20. The van der Waals surface area contributed by atoms with Gasteiger partial charge in [-0.15, -0.1) is 0 Å². The van der Waals surface area contributed by atoms with E-state index in [4.69, 9.17) is 10.5 Å². The van der Waals surface area contributed by atoms with Crippen LogP contribution in [0.3, 0.4) is 0 Å². The third-order valence-corrected chi connectivity index (χ3v) is 4.46. The molecule has 1 aromatic carbocycles. The van der Waals surface area contributed by atoms with Crippen molar-refractivity contribution >= 4 is 36.6 Å². The third kappa shape index (κ3) is 1.42. The summed E-state index contributed by atoms with van der Waals surface area (Å²) < 4.78 is 1.17. The van der Waals surface area contributed by atoms with Crippen LogP contribution < -0.4 is 0 Å². The van der Waals surface area contributed by atoms with Crippen LogP contribution in [0.4, 0.5) is 0 Å². The number of benzene rings is 1. The van der Waals surface area contributed by atoms with Crippen LogP contribution in [0.25, 0.3) is 22.1 Å². The zero-order valence-electron chi connectivity index (χ0n) is 8.51. The maximum atomic E-state index is 9.04. The molecule has 4 nitrogen and oxygen atoms in total. The number of rotatable bonds is 0. The van der Waals surface area contributed by atoms with Gasteiger partial charge in [0.2, 0.25) is 0 Å². The second-order valence-corrected chi connectivity index (χ2v) is 5.53. The summed E-state index contributed by atoms with van der Waals surface area (Å²) in [5, 5.41) is 18.1. The van der Waals surface area contributed by atoms with E-state index >= 15 is 0 Å². The standard InChI is InChI=1S/C12H4N4Se/c13-5-9-11-12(10(6-14)17-9)16-8-4-2-1-3-7(8)15-11/h1-4H. The minimum absolute atomic E-state index is 0.247. The average Bonchev–Trinajstić information content (AvgIpc) is 2.73. The fraction of sp³-hybridized carbons (Fsp3) is 0. The van der Waals surface area contributed by atoms with E-state index in [1.54, 1.807) is 0 Å². The van der Waals surface area contributed by atoms with Crippen LogP contribution in [0.5, 0.6) is 0 Å². The van der Waals surface area contributed by atoms with Crippen molar-refractivity contribution in [1.82, 2.24) is 9.97 Å². The summed E-state index contributed by atoms with van der Waals surface area (Å²) in [6.45, 7) is 0. The molecule has 5 heteroatoms. The summed E-state index contributed by atoms with van der Waals surface area (Å²) in [7, 11) is 0. The molecule has 0 bridgehead atoms. The zero-order chi connectivity index (χ0) is 11.8. The first-order valence-corrected chi connectivity index (χ1v) is 6.54. The van der Waals surface area contributed by atoms with Crippen molar-refractivity contribution in [2.24, 2.45) is 0 Å². The van der Waals surface area contributed by atoms with Crippen molar-refractivity contribution in [2.45, 2.75) is 0 Å². The van der Waals surface area contributed by atoms with Gasteiger partial charge in [-0.05, 0) is 0 Å². The second-order valence-electron chi connectivity index (χ2n) is 3.39. The van der Waals surface area contributed by atoms with Crippen LogP contribution in [0.2, 0.25) is 0 Å². The minimum atomic E-state index is -0.247. The zero-order valence-corrected chi connectivity index (χ0v) is 10.2. The molecule has 2 aromatic heterocycles. The Morgan fingerprint density at radius 1 is 0.882 bits per heavy atom. The van der Waals surface area contributed by atoms with Gasteiger partial charge in [-0.3, -0.25) is 0 Å². The summed E-state index contributed by atoms with van der Waals surface area (Å²) in [5.41, 5.74) is 2.69. The molecule has 2 heterocycles. The number of nitrogens with zero attached hydrogens (tertiary/aromatic N) is 4. The van der Waals surface area contributed by atoms with Crippen LogP contribution in [0, 0.1) is 22.7 Å². The van der Waals surface area contributed by atoms with Crippen molar-refractivity contribution in [3.05, 3.63) is 33.1 Å². The number of para-hydroxylation sites is 2. The molecule has 0 amide bonds. The predicted octanol–water partition coefficient (Wildman–Crippen LogP) is 1.58. The van der Waals surface area contributed by atoms with E-state index in [-0.39, 0.29) is 14.5 Å². The van der Waals surface area contributed by atoms with Crippen molar-refractivity contribution < 1.29 is 0 Å². The molecule has 0 atom stereocenters. The molecule has 0 aliphatic heterocycles. The van der Waals surface area contributed by atoms with Crippen LogP contribution in [-0.4, -0.2) is 24.5 Å². The van der Waals surface area contributed by atoms with Crippen LogP contribution in [-0.2, 0) is 0 Å². The van der Waals surface area contributed by atoms with Crippen LogP contribution in [0.1, 0.15) is 8.87 Å².